The van der Waals surface area contributed by atoms with Crippen LogP contribution in [0.2, 0.25) is 0 Å². The molecule has 0 saturated heterocycles. The Labute approximate surface area is 200 Å². The van der Waals surface area contributed by atoms with Gasteiger partial charge in [-0.3, -0.25) is 0 Å². The van der Waals surface area contributed by atoms with Gasteiger partial charge in [-0.2, -0.15) is 5.26 Å². The molecule has 4 rings (SSSR count). The third kappa shape index (κ3) is 5.02. The topological polar surface area (TPSA) is 59.5 Å². The van der Waals surface area contributed by atoms with E-state index >= 15 is 0 Å². The molecular formula is C29H27N3O2. The highest BCUT2D eigenvalue weighted by atomic mass is 16.6. The lowest BCUT2D eigenvalue weighted by Gasteiger charge is -2.13. The Bertz CT molecular complexity index is 1310. The van der Waals surface area contributed by atoms with Crippen molar-refractivity contribution in [3.05, 3.63) is 107 Å². The third-order valence-electron chi connectivity index (χ3n) is 5.63. The van der Waals surface area contributed by atoms with Crippen molar-refractivity contribution in [3.63, 3.8) is 0 Å². The van der Waals surface area contributed by atoms with Crippen LogP contribution >= 0.6 is 0 Å². The van der Waals surface area contributed by atoms with Crippen LogP contribution in [0.15, 0.2) is 90.1 Å². The molecule has 1 heterocycles. The second kappa shape index (κ2) is 10.5. The molecule has 0 atom stereocenters. The molecule has 5 nitrogen and oxygen atoms in total. The Balaban J connectivity index is 1.65. The Morgan fingerprint density at radius 3 is 2.32 bits per heavy atom. The number of hydrogen-bond acceptors (Lipinski definition) is 4. The zero-order valence-electron chi connectivity index (χ0n) is 19.7. The van der Waals surface area contributed by atoms with E-state index in [4.69, 9.17) is 14.8 Å². The molecule has 0 spiro atoms. The molecule has 4 aromatic rings. The van der Waals surface area contributed by atoms with Crippen molar-refractivity contribution in [1.82, 2.24) is 4.57 Å². The normalized spacial score (nSPS) is 11.2. The van der Waals surface area contributed by atoms with Gasteiger partial charge in [0.25, 0.3) is 0 Å². The van der Waals surface area contributed by atoms with E-state index in [1.165, 1.54) is 0 Å². The molecule has 0 bridgehead atoms. The van der Waals surface area contributed by atoms with Crippen LogP contribution in [0.25, 0.3) is 16.9 Å². The molecule has 0 amide bonds. The lowest BCUT2D eigenvalue weighted by Crippen LogP contribution is -2.03. The van der Waals surface area contributed by atoms with Crippen LogP contribution in [0.3, 0.4) is 0 Å². The molecule has 5 heteroatoms. The molecule has 0 fully saturated rings. The van der Waals surface area contributed by atoms with Gasteiger partial charge in [-0.25, -0.2) is 0 Å². The molecular weight excluding hydrogens is 422 g/mol. The van der Waals surface area contributed by atoms with Crippen molar-refractivity contribution < 1.29 is 9.57 Å². The molecule has 0 aliphatic heterocycles. The quantitative estimate of drug-likeness (QED) is 0.223. The predicted molar refractivity (Wildman–Crippen MR) is 135 cm³/mol. The van der Waals surface area contributed by atoms with E-state index in [1.807, 2.05) is 56.3 Å². The molecule has 0 aliphatic rings. The van der Waals surface area contributed by atoms with Gasteiger partial charge in [-0.1, -0.05) is 47.6 Å². The maximum Gasteiger partial charge on any atom is 0.142 e. The van der Waals surface area contributed by atoms with E-state index in [2.05, 4.69) is 53.0 Å². The smallest absolute Gasteiger partial charge is 0.142 e. The van der Waals surface area contributed by atoms with Crippen LogP contribution in [-0.4, -0.2) is 16.9 Å². The van der Waals surface area contributed by atoms with E-state index < -0.39 is 0 Å². The highest BCUT2D eigenvalue weighted by molar-refractivity contribution is 6.01. The number of hydrogen-bond donors (Lipinski definition) is 0. The molecule has 3 aromatic carbocycles. The Morgan fingerprint density at radius 1 is 0.971 bits per heavy atom. The van der Waals surface area contributed by atoms with Gasteiger partial charge in [0, 0.05) is 16.9 Å². The van der Waals surface area contributed by atoms with E-state index in [1.54, 1.807) is 12.1 Å². The van der Waals surface area contributed by atoms with E-state index in [0.717, 1.165) is 45.2 Å². The van der Waals surface area contributed by atoms with Crippen molar-refractivity contribution in [2.45, 2.75) is 27.4 Å². The highest BCUT2D eigenvalue weighted by Gasteiger charge is 2.17. The van der Waals surface area contributed by atoms with Gasteiger partial charge in [0.05, 0.1) is 29.6 Å². The molecule has 0 saturated carbocycles. The summed E-state index contributed by atoms with van der Waals surface area (Å²) in [6.07, 6.45) is 0. The number of benzene rings is 3. The Kier molecular flexibility index (Phi) is 7.10. The third-order valence-corrected chi connectivity index (χ3v) is 5.63. The lowest BCUT2D eigenvalue weighted by atomic mass is 10.1. The summed E-state index contributed by atoms with van der Waals surface area (Å²) in [4.78, 5) is 5.65. The standard InChI is InChI=1S/C29H27N3O2/c1-4-33-27-16-14-26(15-17-27)32-22(3)28(18-29(32)25-8-6-5-7-9-25)21(2)31-34-20-24-12-10-23(19-30)11-13-24/h5-18H,4,20H2,1-3H3. The summed E-state index contributed by atoms with van der Waals surface area (Å²) in [6, 6.07) is 30.1. The molecule has 0 aliphatic carbocycles. The summed E-state index contributed by atoms with van der Waals surface area (Å²) in [7, 11) is 0. The predicted octanol–water partition coefficient (Wildman–Crippen LogP) is 6.66. The van der Waals surface area contributed by atoms with E-state index in [-0.39, 0.29) is 0 Å². The number of aromatic nitrogens is 1. The molecule has 0 N–H and O–H groups in total. The Morgan fingerprint density at radius 2 is 1.68 bits per heavy atom. The van der Waals surface area contributed by atoms with Crippen molar-refractivity contribution in [3.8, 4) is 28.8 Å². The van der Waals surface area contributed by atoms with E-state index in [0.29, 0.717) is 18.8 Å². The fourth-order valence-corrected chi connectivity index (χ4v) is 3.91. The van der Waals surface area contributed by atoms with Crippen molar-refractivity contribution in [2.75, 3.05) is 6.61 Å². The summed E-state index contributed by atoms with van der Waals surface area (Å²) < 4.78 is 7.85. The zero-order valence-corrected chi connectivity index (χ0v) is 19.7. The Hall–Kier alpha value is -4.30. The monoisotopic (exact) mass is 449 g/mol. The number of oxime groups is 1. The summed E-state index contributed by atoms with van der Waals surface area (Å²) in [5.41, 5.74) is 7.74. The lowest BCUT2D eigenvalue weighted by molar-refractivity contribution is 0.130. The first kappa shape index (κ1) is 22.9. The number of nitriles is 1. The molecule has 170 valence electrons. The minimum Gasteiger partial charge on any atom is -0.494 e. The van der Waals surface area contributed by atoms with Crippen LogP contribution < -0.4 is 4.74 Å². The first-order valence-electron chi connectivity index (χ1n) is 11.3. The van der Waals surface area contributed by atoms with Gasteiger partial charge in [0.1, 0.15) is 12.4 Å². The average molecular weight is 450 g/mol. The van der Waals surface area contributed by atoms with Crippen molar-refractivity contribution in [1.29, 1.82) is 5.26 Å². The van der Waals surface area contributed by atoms with Gasteiger partial charge in [-0.15, -0.1) is 0 Å². The molecule has 1 aromatic heterocycles. The van der Waals surface area contributed by atoms with Gasteiger partial charge >= 0.3 is 0 Å². The van der Waals surface area contributed by atoms with Crippen molar-refractivity contribution >= 4 is 5.71 Å². The minimum absolute atomic E-state index is 0.341. The maximum absolute atomic E-state index is 8.94. The van der Waals surface area contributed by atoms with Crippen LogP contribution in [0.1, 0.15) is 36.2 Å². The molecule has 0 unspecified atom stereocenters. The summed E-state index contributed by atoms with van der Waals surface area (Å²) in [6.45, 7) is 7.01. The van der Waals surface area contributed by atoms with Crippen LogP contribution in [0.5, 0.6) is 5.75 Å². The van der Waals surface area contributed by atoms with Gasteiger partial charge in [0.15, 0.2) is 0 Å². The maximum atomic E-state index is 8.94. The van der Waals surface area contributed by atoms with Gasteiger partial charge < -0.3 is 14.1 Å². The minimum atomic E-state index is 0.341. The van der Waals surface area contributed by atoms with Crippen LogP contribution in [0, 0.1) is 18.3 Å². The second-order valence-electron chi connectivity index (χ2n) is 7.92. The van der Waals surface area contributed by atoms with Crippen molar-refractivity contribution in [2.24, 2.45) is 5.16 Å². The largest absolute Gasteiger partial charge is 0.494 e. The SMILES string of the molecule is CCOc1ccc(-n2c(-c3ccccc3)cc(C(C)=NOCc3ccc(C#N)cc3)c2C)cc1. The van der Waals surface area contributed by atoms with Crippen LogP contribution in [0.4, 0.5) is 0 Å². The molecule has 0 radical (unpaired) electrons. The summed E-state index contributed by atoms with van der Waals surface area (Å²) >= 11 is 0. The summed E-state index contributed by atoms with van der Waals surface area (Å²) in [5.74, 6) is 0.853. The zero-order chi connectivity index (χ0) is 23.9. The fourth-order valence-electron chi connectivity index (χ4n) is 3.91. The second-order valence-corrected chi connectivity index (χ2v) is 7.92. The first-order valence-corrected chi connectivity index (χ1v) is 11.3. The number of rotatable bonds is 8. The molecule has 34 heavy (non-hydrogen) atoms. The fraction of sp³-hybridized carbons (Fsp3) is 0.172. The van der Waals surface area contributed by atoms with E-state index in [9.17, 15) is 0 Å². The van der Waals surface area contributed by atoms with Crippen LogP contribution in [-0.2, 0) is 11.4 Å². The first-order chi connectivity index (χ1) is 16.6. The summed E-state index contributed by atoms with van der Waals surface area (Å²) in [5, 5.41) is 13.3. The van der Waals surface area contributed by atoms with Gasteiger partial charge in [-0.05, 0) is 74.4 Å². The van der Waals surface area contributed by atoms with Gasteiger partial charge in [0.2, 0.25) is 0 Å². The average Bonchev–Trinajstić information content (AvgIpc) is 3.22. The number of ether oxygens (including phenoxy) is 1. The highest BCUT2D eigenvalue weighted by Crippen LogP contribution is 2.30. The number of nitrogens with zero attached hydrogens (tertiary/aromatic N) is 3.